The fraction of sp³-hybridized carbons (Fsp3) is 0.381. The molecule has 0 bridgehead atoms. The van der Waals surface area contributed by atoms with E-state index < -0.39 is 0 Å². The summed E-state index contributed by atoms with van der Waals surface area (Å²) in [6.07, 6.45) is 0. The molecule has 3 heteroatoms. The molecule has 2 nitrogen and oxygen atoms in total. The van der Waals surface area contributed by atoms with Crippen LogP contribution in [0.25, 0.3) is 0 Å². The molecule has 1 amide bonds. The van der Waals surface area contributed by atoms with E-state index in [1.807, 2.05) is 37.3 Å². The Morgan fingerprint density at radius 1 is 0.833 bits per heavy atom. The molecule has 0 aliphatic carbocycles. The first-order valence-corrected chi connectivity index (χ1v) is 9.43. The van der Waals surface area contributed by atoms with Crippen LogP contribution in [0, 0.1) is 0 Å². The maximum absolute atomic E-state index is 12.7. The second-order valence-corrected chi connectivity index (χ2v) is 8.10. The fourth-order valence-corrected chi connectivity index (χ4v) is 3.57. The lowest BCUT2D eigenvalue weighted by atomic mass is 9.92. The largest absolute Gasteiger partial charge is 0.325 e. The molecule has 24 heavy (non-hydrogen) atoms. The van der Waals surface area contributed by atoms with Crippen LogP contribution in [0.4, 0.5) is 5.69 Å². The van der Waals surface area contributed by atoms with Crippen molar-refractivity contribution in [2.24, 2.45) is 0 Å². The number of benzene rings is 2. The summed E-state index contributed by atoms with van der Waals surface area (Å²) in [6.45, 7) is 10.6. The van der Waals surface area contributed by atoms with Crippen molar-refractivity contribution in [1.29, 1.82) is 0 Å². The van der Waals surface area contributed by atoms with Crippen LogP contribution in [-0.4, -0.2) is 11.2 Å². The molecular weight excluding hydrogens is 314 g/mol. The Labute approximate surface area is 150 Å². The van der Waals surface area contributed by atoms with E-state index in [9.17, 15) is 4.79 Å². The van der Waals surface area contributed by atoms with Crippen molar-refractivity contribution in [3.63, 3.8) is 0 Å². The van der Waals surface area contributed by atoms with Gasteiger partial charge in [-0.3, -0.25) is 4.79 Å². The Balaban J connectivity index is 2.21. The third kappa shape index (κ3) is 4.64. The van der Waals surface area contributed by atoms with E-state index in [0.717, 1.165) is 10.6 Å². The molecule has 2 aromatic carbocycles. The van der Waals surface area contributed by atoms with Gasteiger partial charge < -0.3 is 5.32 Å². The maximum Gasteiger partial charge on any atom is 0.237 e. The van der Waals surface area contributed by atoms with Crippen LogP contribution in [0.1, 0.15) is 57.6 Å². The number of para-hydroxylation sites is 1. The standard InChI is InChI=1S/C21H27NOS/c1-14(2)18-12-9-13-19(15(3)4)20(18)22-21(23)16(5)24-17-10-7-6-8-11-17/h6-16H,1-5H3,(H,22,23)/t16-/m1/s1. The number of anilines is 1. The van der Waals surface area contributed by atoms with Gasteiger partial charge in [0, 0.05) is 10.6 Å². The Hall–Kier alpha value is -1.74. The predicted molar refractivity (Wildman–Crippen MR) is 105 cm³/mol. The highest BCUT2D eigenvalue weighted by Crippen LogP contribution is 2.33. The highest BCUT2D eigenvalue weighted by molar-refractivity contribution is 8.00. The molecule has 0 fully saturated rings. The molecule has 0 radical (unpaired) electrons. The molecule has 128 valence electrons. The zero-order valence-corrected chi connectivity index (χ0v) is 16.0. The third-order valence-electron chi connectivity index (χ3n) is 4.05. The van der Waals surface area contributed by atoms with Gasteiger partial charge in [-0.05, 0) is 42.0 Å². The maximum atomic E-state index is 12.7. The van der Waals surface area contributed by atoms with E-state index in [0.29, 0.717) is 11.8 Å². The van der Waals surface area contributed by atoms with Crippen LogP contribution in [0.3, 0.4) is 0 Å². The van der Waals surface area contributed by atoms with Crippen LogP contribution in [0.2, 0.25) is 0 Å². The molecule has 0 aromatic heterocycles. The Kier molecular flexibility index (Phi) is 6.50. The molecule has 0 spiro atoms. The number of amides is 1. The van der Waals surface area contributed by atoms with Gasteiger partial charge in [0.25, 0.3) is 0 Å². The number of hydrogen-bond acceptors (Lipinski definition) is 2. The van der Waals surface area contributed by atoms with E-state index in [2.05, 4.69) is 51.2 Å². The number of nitrogens with one attached hydrogen (secondary N) is 1. The molecule has 0 aliphatic rings. The lowest BCUT2D eigenvalue weighted by Gasteiger charge is -2.21. The molecule has 0 heterocycles. The SMILES string of the molecule is CC(C)c1cccc(C(C)C)c1NC(=O)[C@@H](C)Sc1ccccc1. The first-order chi connectivity index (χ1) is 11.4. The minimum absolute atomic E-state index is 0.0545. The monoisotopic (exact) mass is 341 g/mol. The smallest absolute Gasteiger partial charge is 0.237 e. The van der Waals surface area contributed by atoms with Crippen molar-refractivity contribution >= 4 is 23.4 Å². The van der Waals surface area contributed by atoms with Crippen molar-refractivity contribution in [1.82, 2.24) is 0 Å². The first kappa shape index (κ1) is 18.6. The van der Waals surface area contributed by atoms with Crippen molar-refractivity contribution in [3.8, 4) is 0 Å². The molecule has 2 rings (SSSR count). The summed E-state index contributed by atoms with van der Waals surface area (Å²) in [5, 5.41) is 3.06. The predicted octanol–water partition coefficient (Wildman–Crippen LogP) is 6.05. The number of rotatable bonds is 6. The van der Waals surface area contributed by atoms with Crippen molar-refractivity contribution in [3.05, 3.63) is 59.7 Å². The summed E-state index contributed by atoms with van der Waals surface area (Å²) in [7, 11) is 0. The Morgan fingerprint density at radius 3 is 1.88 bits per heavy atom. The quantitative estimate of drug-likeness (QED) is 0.648. The third-order valence-corrected chi connectivity index (χ3v) is 5.16. The summed E-state index contributed by atoms with van der Waals surface area (Å²) in [5.41, 5.74) is 3.39. The lowest BCUT2D eigenvalue weighted by molar-refractivity contribution is -0.115. The van der Waals surface area contributed by atoms with E-state index in [1.54, 1.807) is 11.8 Å². The summed E-state index contributed by atoms with van der Waals surface area (Å²) < 4.78 is 0. The fourth-order valence-electron chi connectivity index (χ4n) is 2.68. The van der Waals surface area contributed by atoms with Gasteiger partial charge in [0.2, 0.25) is 5.91 Å². The minimum Gasteiger partial charge on any atom is -0.325 e. The van der Waals surface area contributed by atoms with Crippen LogP contribution in [-0.2, 0) is 4.79 Å². The number of hydrogen-bond donors (Lipinski definition) is 1. The van der Waals surface area contributed by atoms with Gasteiger partial charge in [0.1, 0.15) is 0 Å². The van der Waals surface area contributed by atoms with E-state index >= 15 is 0 Å². The minimum atomic E-state index is -0.146. The van der Waals surface area contributed by atoms with E-state index in [-0.39, 0.29) is 11.2 Å². The number of thioether (sulfide) groups is 1. The molecule has 0 unspecified atom stereocenters. The normalized spacial score (nSPS) is 12.5. The van der Waals surface area contributed by atoms with Crippen molar-refractivity contribution < 1.29 is 4.79 Å². The molecule has 1 N–H and O–H groups in total. The number of carbonyl (C=O) groups excluding carboxylic acids is 1. The Bertz CT molecular complexity index is 653. The number of carbonyl (C=O) groups is 1. The average Bonchev–Trinajstić information content (AvgIpc) is 2.55. The Morgan fingerprint density at radius 2 is 1.38 bits per heavy atom. The summed E-state index contributed by atoms with van der Waals surface area (Å²) in [5.74, 6) is 0.797. The van der Waals surface area contributed by atoms with Crippen molar-refractivity contribution in [2.45, 2.75) is 56.6 Å². The van der Waals surface area contributed by atoms with Crippen molar-refractivity contribution in [2.75, 3.05) is 5.32 Å². The molecule has 1 atom stereocenters. The zero-order chi connectivity index (χ0) is 17.7. The highest BCUT2D eigenvalue weighted by atomic mass is 32.2. The lowest BCUT2D eigenvalue weighted by Crippen LogP contribution is -2.24. The van der Waals surface area contributed by atoms with E-state index in [4.69, 9.17) is 0 Å². The second kappa shape index (κ2) is 8.39. The van der Waals surface area contributed by atoms with E-state index in [1.165, 1.54) is 11.1 Å². The van der Waals surface area contributed by atoms with Gasteiger partial charge >= 0.3 is 0 Å². The van der Waals surface area contributed by atoms with Gasteiger partial charge in [-0.1, -0.05) is 64.1 Å². The summed E-state index contributed by atoms with van der Waals surface area (Å²) in [4.78, 5) is 13.8. The topological polar surface area (TPSA) is 29.1 Å². The second-order valence-electron chi connectivity index (χ2n) is 6.68. The van der Waals surface area contributed by atoms with Crippen LogP contribution >= 0.6 is 11.8 Å². The summed E-state index contributed by atoms with van der Waals surface area (Å²) >= 11 is 1.59. The molecular formula is C21H27NOS. The molecule has 0 saturated carbocycles. The van der Waals surface area contributed by atoms with Crippen LogP contribution in [0.5, 0.6) is 0 Å². The van der Waals surface area contributed by atoms with Gasteiger partial charge in [0.05, 0.1) is 5.25 Å². The molecule has 0 aliphatic heterocycles. The van der Waals surface area contributed by atoms with Crippen LogP contribution in [0.15, 0.2) is 53.4 Å². The van der Waals surface area contributed by atoms with Gasteiger partial charge in [-0.25, -0.2) is 0 Å². The average molecular weight is 342 g/mol. The zero-order valence-electron chi connectivity index (χ0n) is 15.2. The van der Waals surface area contributed by atoms with Gasteiger partial charge in [-0.15, -0.1) is 11.8 Å². The van der Waals surface area contributed by atoms with Gasteiger partial charge in [0.15, 0.2) is 0 Å². The first-order valence-electron chi connectivity index (χ1n) is 8.55. The molecule has 0 saturated heterocycles. The van der Waals surface area contributed by atoms with Crippen LogP contribution < -0.4 is 5.32 Å². The summed E-state index contributed by atoms with van der Waals surface area (Å²) in [6, 6.07) is 16.4. The highest BCUT2D eigenvalue weighted by Gasteiger charge is 2.19. The molecule has 2 aromatic rings. The van der Waals surface area contributed by atoms with Gasteiger partial charge in [-0.2, -0.15) is 0 Å².